The van der Waals surface area contributed by atoms with Crippen LogP contribution in [0.3, 0.4) is 0 Å². The molecule has 0 radical (unpaired) electrons. The van der Waals surface area contributed by atoms with Gasteiger partial charge in [0.1, 0.15) is 5.82 Å². The van der Waals surface area contributed by atoms with Crippen molar-refractivity contribution in [2.75, 3.05) is 13.1 Å². The molecule has 2 aromatic heterocycles. The molecule has 7 heteroatoms. The Morgan fingerprint density at radius 3 is 2.83 bits per heavy atom. The Bertz CT molecular complexity index is 755. The van der Waals surface area contributed by atoms with Crippen molar-refractivity contribution in [3.63, 3.8) is 0 Å². The van der Waals surface area contributed by atoms with Gasteiger partial charge < -0.3 is 5.32 Å². The number of hydrogen-bond acceptors (Lipinski definition) is 5. The third-order valence-corrected chi connectivity index (χ3v) is 6.21. The van der Waals surface area contributed by atoms with Crippen molar-refractivity contribution in [2.24, 2.45) is 5.92 Å². The zero-order chi connectivity index (χ0) is 16.7. The monoisotopic (exact) mass is 346 g/mol. The van der Waals surface area contributed by atoms with Crippen molar-refractivity contribution in [3.8, 4) is 10.4 Å². The summed E-state index contributed by atoms with van der Waals surface area (Å²) in [5, 5.41) is 3.58. The number of amides is 1. The van der Waals surface area contributed by atoms with Crippen molar-refractivity contribution in [2.45, 2.75) is 31.8 Å². The number of fused-ring (bicyclic) bond motifs is 3. The van der Waals surface area contributed by atoms with Gasteiger partial charge in [-0.15, -0.1) is 11.3 Å². The van der Waals surface area contributed by atoms with Gasteiger partial charge >= 0.3 is 0 Å². The Morgan fingerprint density at radius 1 is 1.33 bits per heavy atom. The van der Waals surface area contributed by atoms with Crippen molar-refractivity contribution < 1.29 is 9.18 Å². The first-order valence-electron chi connectivity index (χ1n) is 8.23. The molecule has 2 atom stereocenters. The number of thiazole rings is 1. The van der Waals surface area contributed by atoms with Gasteiger partial charge in [-0.3, -0.25) is 14.7 Å². The smallest absolute Gasteiger partial charge is 0.280 e. The second-order valence-electron chi connectivity index (χ2n) is 6.53. The molecule has 3 aliphatic heterocycles. The Hall–Kier alpha value is -1.86. The zero-order valence-corrected chi connectivity index (χ0v) is 14.2. The first-order valence-corrected chi connectivity index (χ1v) is 9.05. The number of piperidine rings is 3. The first kappa shape index (κ1) is 15.7. The standard InChI is InChI=1S/C17H19FN4OS/c1-10-15(11-2-4-22(10)5-3-11)21-16(23)17-20-9-14(24-17)12-6-13(18)8-19-7-12/h6-11,15H,2-5H2,1H3,(H,21,23). The van der Waals surface area contributed by atoms with E-state index in [1.54, 1.807) is 12.4 Å². The van der Waals surface area contributed by atoms with Crippen LogP contribution in [0, 0.1) is 11.7 Å². The largest absolute Gasteiger partial charge is 0.345 e. The first-order chi connectivity index (χ1) is 11.6. The molecule has 1 N–H and O–H groups in total. The Kier molecular flexibility index (Phi) is 4.05. The molecule has 3 aliphatic rings. The van der Waals surface area contributed by atoms with Gasteiger partial charge in [0.05, 0.1) is 11.1 Å². The minimum absolute atomic E-state index is 0.138. The third-order valence-electron chi connectivity index (χ3n) is 5.16. The number of aromatic nitrogens is 2. The highest BCUT2D eigenvalue weighted by Gasteiger charge is 2.40. The summed E-state index contributed by atoms with van der Waals surface area (Å²) in [6.45, 7) is 4.44. The zero-order valence-electron chi connectivity index (χ0n) is 13.4. The van der Waals surface area contributed by atoms with Gasteiger partial charge in [0.25, 0.3) is 5.91 Å². The van der Waals surface area contributed by atoms with Crippen molar-refractivity contribution in [3.05, 3.63) is 35.5 Å². The van der Waals surface area contributed by atoms with Crippen LogP contribution >= 0.6 is 11.3 Å². The number of nitrogens with zero attached hydrogens (tertiary/aromatic N) is 3. The number of carbonyl (C=O) groups excluding carboxylic acids is 1. The fourth-order valence-corrected chi connectivity index (χ4v) is 4.62. The Morgan fingerprint density at radius 2 is 2.12 bits per heavy atom. The van der Waals surface area contributed by atoms with Crippen LogP contribution < -0.4 is 5.32 Å². The summed E-state index contributed by atoms with van der Waals surface area (Å²) in [6.07, 6.45) is 6.64. The maximum Gasteiger partial charge on any atom is 0.280 e. The maximum absolute atomic E-state index is 13.3. The van der Waals surface area contributed by atoms with Gasteiger partial charge in [-0.25, -0.2) is 9.37 Å². The number of halogens is 1. The van der Waals surface area contributed by atoms with Crippen LogP contribution in [0.25, 0.3) is 10.4 Å². The normalized spacial score (nSPS) is 28.8. The van der Waals surface area contributed by atoms with Crippen LogP contribution in [-0.2, 0) is 0 Å². The number of rotatable bonds is 3. The summed E-state index contributed by atoms with van der Waals surface area (Å²) in [4.78, 5) is 23.8. The number of pyridine rings is 1. The molecule has 126 valence electrons. The third kappa shape index (κ3) is 2.82. The summed E-state index contributed by atoms with van der Waals surface area (Å²) in [5.41, 5.74) is 0.641. The average molecular weight is 346 g/mol. The summed E-state index contributed by atoms with van der Waals surface area (Å²) in [5.74, 6) is 0.0232. The molecule has 3 fully saturated rings. The van der Waals surface area contributed by atoms with Crippen LogP contribution in [-0.4, -0.2) is 45.9 Å². The molecule has 5 nitrogen and oxygen atoms in total. The van der Waals surface area contributed by atoms with Gasteiger partial charge in [0.15, 0.2) is 5.01 Å². The molecule has 2 bridgehead atoms. The number of nitrogens with one attached hydrogen (secondary N) is 1. The number of hydrogen-bond donors (Lipinski definition) is 1. The van der Waals surface area contributed by atoms with Crippen LogP contribution in [0.15, 0.2) is 24.7 Å². The summed E-state index contributed by atoms with van der Waals surface area (Å²) < 4.78 is 13.3. The fourth-order valence-electron chi connectivity index (χ4n) is 3.82. The van der Waals surface area contributed by atoms with Gasteiger partial charge in [0, 0.05) is 30.0 Å². The van der Waals surface area contributed by atoms with Crippen molar-refractivity contribution in [1.29, 1.82) is 0 Å². The SMILES string of the molecule is CC1C(NC(=O)c2ncc(-c3cncc(F)c3)s2)C2CCN1CC2. The Balaban J connectivity index is 1.49. The highest BCUT2D eigenvalue weighted by Crippen LogP contribution is 2.32. The summed E-state index contributed by atoms with van der Waals surface area (Å²) >= 11 is 1.27. The van der Waals surface area contributed by atoms with E-state index in [1.807, 2.05) is 0 Å². The molecule has 0 saturated carbocycles. The molecule has 5 heterocycles. The predicted molar refractivity (Wildman–Crippen MR) is 90.3 cm³/mol. The van der Waals surface area contributed by atoms with E-state index in [-0.39, 0.29) is 11.9 Å². The molecule has 2 aromatic rings. The van der Waals surface area contributed by atoms with Gasteiger partial charge in [0.2, 0.25) is 0 Å². The molecule has 0 aliphatic carbocycles. The Labute approximate surface area is 143 Å². The van der Waals surface area contributed by atoms with Crippen LogP contribution in [0.5, 0.6) is 0 Å². The van der Waals surface area contributed by atoms with Crippen LogP contribution in [0.2, 0.25) is 0 Å². The molecular formula is C17H19FN4OS. The van der Waals surface area contributed by atoms with Crippen LogP contribution in [0.4, 0.5) is 4.39 Å². The van der Waals surface area contributed by atoms with E-state index in [2.05, 4.69) is 27.1 Å². The quantitative estimate of drug-likeness (QED) is 0.928. The van der Waals surface area contributed by atoms with E-state index >= 15 is 0 Å². The van der Waals surface area contributed by atoms with Crippen molar-refractivity contribution >= 4 is 17.2 Å². The van der Waals surface area contributed by atoms with Crippen molar-refractivity contribution in [1.82, 2.24) is 20.2 Å². The summed E-state index contributed by atoms with van der Waals surface area (Å²) in [7, 11) is 0. The van der Waals surface area contributed by atoms with Gasteiger partial charge in [-0.2, -0.15) is 0 Å². The molecular weight excluding hydrogens is 327 g/mol. The lowest BCUT2D eigenvalue weighted by Crippen LogP contribution is -2.62. The predicted octanol–water partition coefficient (Wildman–Crippen LogP) is 2.56. The van der Waals surface area contributed by atoms with E-state index < -0.39 is 5.82 Å². The molecule has 2 unspecified atom stereocenters. The van der Waals surface area contributed by atoms with Crippen LogP contribution in [0.1, 0.15) is 29.6 Å². The number of carbonyl (C=O) groups is 1. The van der Waals surface area contributed by atoms with E-state index in [4.69, 9.17) is 0 Å². The van der Waals surface area contributed by atoms with E-state index in [1.165, 1.54) is 17.4 Å². The maximum atomic E-state index is 13.3. The molecule has 24 heavy (non-hydrogen) atoms. The lowest BCUT2D eigenvalue weighted by molar-refractivity contribution is 0.0217. The second-order valence-corrected chi connectivity index (χ2v) is 7.57. The van der Waals surface area contributed by atoms with E-state index in [0.29, 0.717) is 22.5 Å². The second kappa shape index (κ2) is 6.22. The lowest BCUT2D eigenvalue weighted by atomic mass is 9.79. The molecule has 1 amide bonds. The highest BCUT2D eigenvalue weighted by molar-refractivity contribution is 7.16. The molecule has 3 saturated heterocycles. The fraction of sp³-hybridized carbons (Fsp3) is 0.471. The average Bonchev–Trinajstić information content (AvgIpc) is 3.09. The molecule has 0 spiro atoms. The minimum atomic E-state index is -0.395. The lowest BCUT2D eigenvalue weighted by Gasteiger charge is -2.49. The summed E-state index contributed by atoms with van der Waals surface area (Å²) in [6, 6.07) is 1.95. The van der Waals surface area contributed by atoms with Gasteiger partial charge in [-0.1, -0.05) is 0 Å². The molecule has 0 aromatic carbocycles. The van der Waals surface area contributed by atoms with E-state index in [0.717, 1.165) is 37.0 Å². The van der Waals surface area contributed by atoms with Gasteiger partial charge in [-0.05, 0) is 44.8 Å². The minimum Gasteiger partial charge on any atom is -0.345 e. The highest BCUT2D eigenvalue weighted by atomic mass is 32.1. The molecule has 5 rings (SSSR count). The topological polar surface area (TPSA) is 58.1 Å². The van der Waals surface area contributed by atoms with E-state index in [9.17, 15) is 9.18 Å².